The second kappa shape index (κ2) is 11.5. The molecule has 140 valence electrons. The molecule has 0 aromatic heterocycles. The molecule has 0 fully saturated rings. The minimum Gasteiger partial charge on any atom is -0.382 e. The molecule has 1 aromatic rings. The Bertz CT molecular complexity index is 541. The van der Waals surface area contributed by atoms with E-state index in [0.29, 0.717) is 0 Å². The summed E-state index contributed by atoms with van der Waals surface area (Å²) in [6.07, 6.45) is 0.896. The Morgan fingerprint density at radius 3 is 2.48 bits per heavy atom. The first kappa shape index (κ1) is 21.0. The smallest absolute Gasteiger partial charge is 0.243 e. The normalized spacial score (nSPS) is 11.3. The van der Waals surface area contributed by atoms with E-state index in [1.807, 2.05) is 18.9 Å². The fourth-order valence-electron chi connectivity index (χ4n) is 2.16. The van der Waals surface area contributed by atoms with Gasteiger partial charge in [0.2, 0.25) is 5.91 Å². The first-order valence-corrected chi connectivity index (χ1v) is 8.77. The lowest BCUT2D eigenvalue weighted by atomic mass is 10.1. The van der Waals surface area contributed by atoms with Gasteiger partial charge < -0.3 is 19.9 Å². The second-order valence-corrected chi connectivity index (χ2v) is 6.25. The number of ether oxygens (including phenoxy) is 1. The minimum atomic E-state index is -0.0163. The van der Waals surface area contributed by atoms with E-state index in [1.165, 1.54) is 11.1 Å². The number of nitrogens with zero attached hydrogens (tertiary/aromatic N) is 3. The molecule has 0 aliphatic carbocycles. The molecule has 0 saturated heterocycles. The summed E-state index contributed by atoms with van der Waals surface area (Å²) < 4.78 is 5.36. The van der Waals surface area contributed by atoms with Crippen molar-refractivity contribution in [2.75, 3.05) is 47.4 Å². The molecule has 6 heteroatoms. The standard InChI is InChI=1S/C19H32N4O2/c1-6-25-13-7-12-20-19(21-14-18(24)22(3)4)23(5)15-17-10-8-16(2)9-11-17/h8-11H,6-7,12-15H2,1-5H3,(H,20,21). The van der Waals surface area contributed by atoms with Crippen LogP contribution in [0.15, 0.2) is 29.3 Å². The van der Waals surface area contributed by atoms with Gasteiger partial charge in [-0.15, -0.1) is 0 Å². The third-order valence-corrected chi connectivity index (χ3v) is 3.72. The summed E-state index contributed by atoms with van der Waals surface area (Å²) in [7, 11) is 5.46. The van der Waals surface area contributed by atoms with Crippen molar-refractivity contribution < 1.29 is 9.53 Å². The van der Waals surface area contributed by atoms with E-state index in [4.69, 9.17) is 4.74 Å². The molecule has 0 aliphatic rings. The number of amides is 1. The van der Waals surface area contributed by atoms with E-state index < -0.39 is 0 Å². The number of rotatable bonds is 9. The highest BCUT2D eigenvalue weighted by Crippen LogP contribution is 2.06. The first-order chi connectivity index (χ1) is 11.9. The van der Waals surface area contributed by atoms with Crippen LogP contribution < -0.4 is 5.32 Å². The highest BCUT2D eigenvalue weighted by molar-refractivity contribution is 5.84. The lowest BCUT2D eigenvalue weighted by Crippen LogP contribution is -2.40. The Morgan fingerprint density at radius 2 is 1.88 bits per heavy atom. The molecule has 1 N–H and O–H groups in total. The van der Waals surface area contributed by atoms with E-state index in [1.54, 1.807) is 19.0 Å². The predicted octanol–water partition coefficient (Wildman–Crippen LogP) is 1.89. The maximum Gasteiger partial charge on any atom is 0.243 e. The summed E-state index contributed by atoms with van der Waals surface area (Å²) in [5.74, 6) is 0.713. The topological polar surface area (TPSA) is 57.2 Å². The monoisotopic (exact) mass is 348 g/mol. The van der Waals surface area contributed by atoms with Crippen molar-refractivity contribution in [3.8, 4) is 0 Å². The van der Waals surface area contributed by atoms with Crippen molar-refractivity contribution >= 4 is 11.9 Å². The van der Waals surface area contributed by atoms with Crippen molar-refractivity contribution in [2.45, 2.75) is 26.8 Å². The summed E-state index contributed by atoms with van der Waals surface area (Å²) in [4.78, 5) is 19.9. The molecule has 25 heavy (non-hydrogen) atoms. The second-order valence-electron chi connectivity index (χ2n) is 6.25. The predicted molar refractivity (Wildman–Crippen MR) is 103 cm³/mol. The number of guanidine groups is 1. The summed E-state index contributed by atoms with van der Waals surface area (Å²) in [5.41, 5.74) is 2.45. The lowest BCUT2D eigenvalue weighted by molar-refractivity contribution is -0.127. The molecule has 1 amide bonds. The summed E-state index contributed by atoms with van der Waals surface area (Å²) >= 11 is 0. The molecule has 1 aromatic carbocycles. The fourth-order valence-corrected chi connectivity index (χ4v) is 2.16. The Balaban J connectivity index is 2.68. The van der Waals surface area contributed by atoms with E-state index >= 15 is 0 Å². The van der Waals surface area contributed by atoms with Gasteiger partial charge in [-0.25, -0.2) is 4.99 Å². The molecule has 0 saturated carbocycles. The molecule has 0 unspecified atom stereocenters. The van der Waals surface area contributed by atoms with Crippen LogP contribution in [-0.2, 0) is 16.1 Å². The summed E-state index contributed by atoms with van der Waals surface area (Å²) in [6, 6.07) is 8.43. The van der Waals surface area contributed by atoms with E-state index in [-0.39, 0.29) is 12.5 Å². The van der Waals surface area contributed by atoms with Crippen LogP contribution >= 0.6 is 0 Å². The Morgan fingerprint density at radius 1 is 1.20 bits per heavy atom. The third kappa shape index (κ3) is 8.54. The number of carbonyl (C=O) groups excluding carboxylic acids is 1. The molecule has 1 rings (SSSR count). The maximum absolute atomic E-state index is 11.8. The van der Waals surface area contributed by atoms with Gasteiger partial charge in [0.25, 0.3) is 0 Å². The number of aliphatic imine (C=N–C) groups is 1. The highest BCUT2D eigenvalue weighted by atomic mass is 16.5. The Kier molecular flexibility index (Phi) is 9.62. The zero-order chi connectivity index (χ0) is 18.7. The van der Waals surface area contributed by atoms with Crippen LogP contribution in [0, 0.1) is 6.92 Å². The molecule has 0 aliphatic heterocycles. The van der Waals surface area contributed by atoms with Crippen molar-refractivity contribution in [2.24, 2.45) is 4.99 Å². The Labute approximate surface area is 151 Å². The lowest BCUT2D eigenvalue weighted by Gasteiger charge is -2.23. The average molecular weight is 348 g/mol. The molecular weight excluding hydrogens is 316 g/mol. The highest BCUT2D eigenvalue weighted by Gasteiger charge is 2.09. The van der Waals surface area contributed by atoms with Crippen molar-refractivity contribution in [1.29, 1.82) is 0 Å². The molecule has 0 atom stereocenters. The van der Waals surface area contributed by atoms with Crippen molar-refractivity contribution in [1.82, 2.24) is 15.1 Å². The van der Waals surface area contributed by atoms with Gasteiger partial charge in [-0.05, 0) is 25.8 Å². The SMILES string of the molecule is CCOCCCNC(=NCC(=O)N(C)C)N(C)Cc1ccc(C)cc1. The quantitative estimate of drug-likeness (QED) is 0.421. The van der Waals surface area contributed by atoms with E-state index in [2.05, 4.69) is 41.5 Å². The van der Waals surface area contributed by atoms with Gasteiger partial charge in [-0.2, -0.15) is 0 Å². The van der Waals surface area contributed by atoms with E-state index in [0.717, 1.165) is 38.7 Å². The van der Waals surface area contributed by atoms with Gasteiger partial charge in [-0.3, -0.25) is 4.79 Å². The molecule has 0 spiro atoms. The number of benzene rings is 1. The molecular formula is C19H32N4O2. The average Bonchev–Trinajstić information content (AvgIpc) is 2.58. The zero-order valence-electron chi connectivity index (χ0n) is 16.2. The van der Waals surface area contributed by atoms with Gasteiger partial charge in [0, 0.05) is 47.4 Å². The van der Waals surface area contributed by atoms with E-state index in [9.17, 15) is 4.79 Å². The molecule has 0 heterocycles. The van der Waals surface area contributed by atoms with Crippen LogP contribution in [0.1, 0.15) is 24.5 Å². The van der Waals surface area contributed by atoms with Gasteiger partial charge in [0.05, 0.1) is 0 Å². The molecule has 6 nitrogen and oxygen atoms in total. The number of carbonyl (C=O) groups is 1. The zero-order valence-corrected chi connectivity index (χ0v) is 16.2. The number of nitrogens with one attached hydrogen (secondary N) is 1. The number of likely N-dealkylation sites (N-methyl/N-ethyl adjacent to an activating group) is 1. The van der Waals surface area contributed by atoms with Crippen LogP contribution in [0.5, 0.6) is 0 Å². The van der Waals surface area contributed by atoms with Gasteiger partial charge in [0.15, 0.2) is 5.96 Å². The van der Waals surface area contributed by atoms with Gasteiger partial charge >= 0.3 is 0 Å². The molecule has 0 bridgehead atoms. The van der Waals surface area contributed by atoms with Crippen LogP contribution in [0.4, 0.5) is 0 Å². The van der Waals surface area contributed by atoms with Crippen LogP contribution in [-0.4, -0.2) is 69.1 Å². The maximum atomic E-state index is 11.8. The summed E-state index contributed by atoms with van der Waals surface area (Å²) in [5, 5.41) is 3.33. The number of hydrogen-bond donors (Lipinski definition) is 1. The largest absolute Gasteiger partial charge is 0.382 e. The molecule has 0 radical (unpaired) electrons. The summed E-state index contributed by atoms with van der Waals surface area (Å²) in [6.45, 7) is 7.14. The number of hydrogen-bond acceptors (Lipinski definition) is 3. The number of aryl methyl sites for hydroxylation is 1. The van der Waals surface area contributed by atoms with Gasteiger partial charge in [-0.1, -0.05) is 29.8 Å². The fraction of sp³-hybridized carbons (Fsp3) is 0.579. The van der Waals surface area contributed by atoms with Crippen LogP contribution in [0.3, 0.4) is 0 Å². The van der Waals surface area contributed by atoms with Crippen molar-refractivity contribution in [3.63, 3.8) is 0 Å². The first-order valence-electron chi connectivity index (χ1n) is 8.77. The third-order valence-electron chi connectivity index (χ3n) is 3.72. The minimum absolute atomic E-state index is 0.0163. The van der Waals surface area contributed by atoms with Gasteiger partial charge in [0.1, 0.15) is 6.54 Å². The van der Waals surface area contributed by atoms with Crippen LogP contribution in [0.25, 0.3) is 0 Å². The van der Waals surface area contributed by atoms with Crippen LogP contribution in [0.2, 0.25) is 0 Å². The Hall–Kier alpha value is -2.08. The van der Waals surface area contributed by atoms with Crippen molar-refractivity contribution in [3.05, 3.63) is 35.4 Å².